The molecule has 2 unspecified atom stereocenters. The van der Waals surface area contributed by atoms with E-state index in [2.05, 4.69) is 158 Å². The molecule has 4 fully saturated rings. The van der Waals surface area contributed by atoms with Crippen LogP contribution in [-0.4, -0.2) is 166 Å². The van der Waals surface area contributed by atoms with Gasteiger partial charge in [-0.2, -0.15) is 0 Å². The first kappa shape index (κ1) is 113. The van der Waals surface area contributed by atoms with Gasteiger partial charge in [0.25, 0.3) is 0 Å². The fourth-order valence-corrected chi connectivity index (χ4v) is 24.2. The molecule has 7 heterocycles. The summed E-state index contributed by atoms with van der Waals surface area (Å²) in [4.78, 5) is 130. The Labute approximate surface area is 887 Å². The minimum atomic E-state index is -0.687. The number of carboxylic acids is 2. The molecule has 0 radical (unpaired) electrons. The van der Waals surface area contributed by atoms with Crippen molar-refractivity contribution in [3.8, 4) is 0 Å². The zero-order chi connectivity index (χ0) is 105. The second-order valence-electron chi connectivity index (χ2n) is 42.1. The van der Waals surface area contributed by atoms with Crippen molar-refractivity contribution in [3.63, 3.8) is 0 Å². The van der Waals surface area contributed by atoms with Crippen LogP contribution in [0.5, 0.6) is 0 Å². The van der Waals surface area contributed by atoms with E-state index in [1.807, 2.05) is 80.6 Å². The average Bonchev–Trinajstić information content (AvgIpc) is 1.60. The molecular weight excluding hydrogens is 1880 g/mol. The molecule has 29 nitrogen and oxygen atoms in total. The van der Waals surface area contributed by atoms with Gasteiger partial charge in [-0.1, -0.05) is 155 Å². The minimum absolute atomic E-state index is 0. The van der Waals surface area contributed by atoms with Crippen molar-refractivity contribution in [2.45, 2.75) is 302 Å². The third kappa shape index (κ3) is 25.7. The Bertz CT molecular complexity index is 6220. The zero-order valence-electron chi connectivity index (χ0n) is 89.5. The van der Waals surface area contributed by atoms with E-state index in [0.29, 0.717) is 31.6 Å². The number of ether oxygens (including phenoxy) is 6. The van der Waals surface area contributed by atoms with Gasteiger partial charge >= 0.3 is 67.1 Å². The molecule has 4 aliphatic carbocycles. The predicted molar refractivity (Wildman–Crippen MR) is 575 cm³/mol. The van der Waals surface area contributed by atoms with Gasteiger partial charge < -0.3 is 68.3 Å². The number of rotatable bonds is 21. The number of aromatic nitrogens is 6. The molecule has 4 aliphatic heterocycles. The molecule has 8 aliphatic rings. The van der Waals surface area contributed by atoms with E-state index < -0.39 is 11.9 Å². The Hall–Kier alpha value is -12.8. The molecule has 0 spiro atoms. The number of benzene rings is 8. The molecule has 8 aromatic carbocycles. The van der Waals surface area contributed by atoms with Gasteiger partial charge in [0.05, 0.1) is 122 Å². The summed E-state index contributed by atoms with van der Waals surface area (Å²) in [7, 11) is 8.63. The van der Waals surface area contributed by atoms with E-state index in [-0.39, 0.29) is 150 Å². The van der Waals surface area contributed by atoms with E-state index in [9.17, 15) is 53.4 Å². The van der Waals surface area contributed by atoms with Crippen LogP contribution in [0, 0.1) is 35.5 Å². The summed E-state index contributed by atoms with van der Waals surface area (Å²) >= 11 is 0. The van der Waals surface area contributed by atoms with Crippen LogP contribution in [0.15, 0.2) is 170 Å². The number of nitrogens with two attached hydrogens (primary N) is 1. The molecule has 0 bridgehead atoms. The Kier molecular flexibility index (Phi) is 39.6. The number of carbonyl (C=O) groups is 9. The molecule has 19 rings (SSSR count). The normalized spacial score (nSPS) is 22.0. The topological polar surface area (TPSA) is 372 Å². The summed E-state index contributed by atoms with van der Waals surface area (Å²) in [5.41, 5.74) is 27.6. The fraction of sp³-hybridized carbons (Fsp3) is 0.496. The van der Waals surface area contributed by atoms with Crippen molar-refractivity contribution in [3.05, 3.63) is 237 Å². The Morgan fingerprint density at radius 2 is 0.611 bits per heavy atom. The molecule has 790 valence electrons. The van der Waals surface area contributed by atoms with Gasteiger partial charge in [0.2, 0.25) is 0 Å². The van der Waals surface area contributed by atoms with Crippen LogP contribution in [0.4, 0.5) is 47.6 Å². The summed E-state index contributed by atoms with van der Waals surface area (Å²) in [6, 6.07) is 59.1. The first-order valence-corrected chi connectivity index (χ1v) is 53.2. The molecule has 8 atom stereocenters. The van der Waals surface area contributed by atoms with Crippen molar-refractivity contribution < 1.29 is 106 Å². The standard InChI is InChI=1S/C30H37N3O4.2C29H35N3O4.C21H30N2O4.C10H12O.Li.H2O/c1-19(18-21-8-6-5-7-9-21)28-31-27-24-15-10-20(2)32(30(35)37-4)25(24)16-17-26(27)33(28)23-13-11-22(12-14-23)29(34)36-3;2*1-18(17-20-7-5-4-6-8-20)27-30-26-23-14-9-19(2)31(29(35)36-3)24(23)15-16-25(26)32(27)22-12-10-21(11-13-22)28(33)34;1-13-4-10-17-18(23(13)21(25)27-3)11-9-16(19(17)22)12-14-5-7-15(8-6-14)20(24)26-2;1-9(8-11)7-10-5-3-2-4-6-10;;/h5-9,16-17,19-20,22-23H,10-15,18H2,1-4H3;2*4-8,15-16,18-19,21-22H,9-14,17H2,1-3H3,(H,33,34);9,11,13-15H,4-8,10,12,22H2,1-3H3;2-6,8-9H,7H2,1H3;;1H2/q;;;;;+1;/p-1/t19?,20-,22?,23?;18-,19+,21?,22?;18-,19-,21?,22?;13-,14?,15?;;;/m0100.../s1. The number of esters is 2. The van der Waals surface area contributed by atoms with Crippen LogP contribution < -0.4 is 44.2 Å². The number of carboxylic acid groups (broad SMARTS) is 2. The quantitative estimate of drug-likeness (QED) is 0.0198. The van der Waals surface area contributed by atoms with Crippen LogP contribution in [0.1, 0.15) is 287 Å². The average molecular weight is 2030 g/mol. The molecular formula is C119H150LiN11O18. The van der Waals surface area contributed by atoms with Gasteiger partial charge in [-0.25, -0.2) is 34.1 Å². The summed E-state index contributed by atoms with van der Waals surface area (Å²) in [6.45, 7) is 16.8. The number of anilines is 5. The summed E-state index contributed by atoms with van der Waals surface area (Å²) in [6.07, 6.45) is 24.3. The Morgan fingerprint density at radius 1 is 0.349 bits per heavy atom. The Balaban J connectivity index is 0.000000160. The number of hydrogen-bond acceptors (Lipinski definition) is 20. The molecule has 4 amide bonds. The van der Waals surface area contributed by atoms with Gasteiger partial charge in [-0.15, -0.1) is 0 Å². The number of hydrogen-bond donors (Lipinski definition) is 3. The zero-order valence-corrected chi connectivity index (χ0v) is 89.5. The monoisotopic (exact) mass is 2030 g/mol. The van der Waals surface area contributed by atoms with Gasteiger partial charge in [0.1, 0.15) is 23.8 Å². The maximum atomic E-state index is 12.7. The number of methoxy groups -OCH3 is 6. The second-order valence-corrected chi connectivity index (χ2v) is 42.1. The smallest absolute Gasteiger partial charge is 0.870 e. The molecule has 30 heteroatoms. The number of fused-ring (bicyclic) bond motifs is 10. The number of nitrogens with zero attached hydrogens (tertiary/aromatic N) is 10. The number of aryl methyl sites for hydroxylation is 3. The summed E-state index contributed by atoms with van der Waals surface area (Å²) in [5, 5.41) is 19.0. The maximum absolute atomic E-state index is 12.7. The van der Waals surface area contributed by atoms with Crippen molar-refractivity contribution >= 4 is 116 Å². The Morgan fingerprint density at radius 3 is 0.886 bits per heavy atom. The van der Waals surface area contributed by atoms with Crippen LogP contribution >= 0.6 is 0 Å². The first-order chi connectivity index (χ1) is 71.0. The minimum Gasteiger partial charge on any atom is -0.870 e. The molecule has 5 N–H and O–H groups in total. The van der Waals surface area contributed by atoms with Gasteiger partial charge in [0.15, 0.2) is 0 Å². The molecule has 4 saturated carbocycles. The number of imidazole rings is 3. The number of nitrogen functional groups attached to an aromatic ring is 1. The van der Waals surface area contributed by atoms with Crippen molar-refractivity contribution in [1.82, 2.24) is 28.7 Å². The summed E-state index contributed by atoms with van der Waals surface area (Å²) < 4.78 is 37.4. The van der Waals surface area contributed by atoms with Gasteiger partial charge in [-0.3, -0.25) is 38.8 Å². The molecule has 0 saturated heterocycles. The van der Waals surface area contributed by atoms with Crippen molar-refractivity contribution in [2.75, 3.05) is 68.0 Å². The molecule has 3 aromatic heterocycles. The van der Waals surface area contributed by atoms with E-state index in [0.717, 1.165) is 274 Å². The first-order valence-electron chi connectivity index (χ1n) is 53.2. The maximum Gasteiger partial charge on any atom is 1.00 e. The predicted octanol–water partition coefficient (Wildman–Crippen LogP) is 21.0. The van der Waals surface area contributed by atoms with Crippen LogP contribution in [0.2, 0.25) is 0 Å². The van der Waals surface area contributed by atoms with E-state index in [1.165, 1.54) is 64.9 Å². The third-order valence-corrected chi connectivity index (χ3v) is 32.3. The van der Waals surface area contributed by atoms with Gasteiger partial charge in [-0.05, 0) is 296 Å². The summed E-state index contributed by atoms with van der Waals surface area (Å²) in [5.74, 6) is 2.37. The molecule has 11 aromatic rings. The second kappa shape index (κ2) is 52.1. The van der Waals surface area contributed by atoms with Crippen LogP contribution in [0.3, 0.4) is 0 Å². The van der Waals surface area contributed by atoms with E-state index in [1.54, 1.807) is 19.6 Å². The largest absolute Gasteiger partial charge is 1.00 e. The van der Waals surface area contributed by atoms with E-state index >= 15 is 0 Å². The SMILES string of the molecule is CC(C=O)Cc1ccccc1.COC(=O)C1CCC(Cc2ccc3c(c2N)CC[C@H](C)N3C(=O)OC)CC1.COC(=O)C1CCC(n2c(C(C)Cc3ccccc3)nc3c4c(ccc32)N(C(=O)OC)[C@@H](C)CC4)CC1.COC(=O)N1c2ccc3c(nc([C@@H](C)Cc4ccccc4)n3C3CCC(C(=O)O)CC3)c2CC[C@@H]1C.COC(=O)N1c2ccc3c(nc([C@H](C)Cc4ccccc4)n3C3CCC(C(=O)O)CC3)c2CC[C@@H]1C.[Li+].[OH-]. The number of amides is 4. The molecule has 149 heavy (non-hydrogen) atoms. The third-order valence-electron chi connectivity index (χ3n) is 32.3. The van der Waals surface area contributed by atoms with Crippen LogP contribution in [0.25, 0.3) is 33.1 Å². The van der Waals surface area contributed by atoms with Crippen LogP contribution in [-0.2, 0) is 110 Å². The fourth-order valence-electron chi connectivity index (χ4n) is 24.2. The van der Waals surface area contributed by atoms with Crippen molar-refractivity contribution in [2.24, 2.45) is 35.5 Å². The van der Waals surface area contributed by atoms with E-state index in [4.69, 9.17) is 49.1 Å². The number of aldehydes is 1. The van der Waals surface area contributed by atoms with Crippen molar-refractivity contribution in [1.29, 1.82) is 0 Å². The number of carbonyl (C=O) groups excluding carboxylic acids is 7. The number of aliphatic carboxylic acids is 2. The van der Waals surface area contributed by atoms with Gasteiger partial charge in [0, 0.05) is 88.3 Å².